The Labute approximate surface area is 137 Å². The molecule has 1 N–H and O–H groups in total. The van der Waals surface area contributed by atoms with E-state index in [1.807, 2.05) is 13.1 Å². The van der Waals surface area contributed by atoms with E-state index < -0.39 is 0 Å². The Morgan fingerprint density at radius 3 is 2.33 bits per heavy atom. The maximum atomic E-state index is 5.46. The third kappa shape index (κ3) is 2.97. The Kier molecular flexibility index (Phi) is 5.05. The number of aromatic nitrogens is 2. The van der Waals surface area contributed by atoms with Crippen LogP contribution in [0.3, 0.4) is 0 Å². The topological polar surface area (TPSA) is 65.5 Å². The number of nitrogens with one attached hydrogen (secondary N) is 1. The monoisotopic (exact) mass is 401 g/mol. The van der Waals surface area contributed by atoms with Crippen molar-refractivity contribution in [2.75, 3.05) is 33.7 Å². The van der Waals surface area contributed by atoms with Crippen molar-refractivity contribution in [1.82, 2.24) is 9.97 Å². The van der Waals surface area contributed by atoms with E-state index in [1.165, 1.54) is 0 Å². The Balaban J connectivity index is 2.63. The summed E-state index contributed by atoms with van der Waals surface area (Å²) in [6.07, 6.45) is 1.75. The molecule has 0 saturated heterocycles. The summed E-state index contributed by atoms with van der Waals surface area (Å²) < 4.78 is 17.1. The Bertz CT molecular complexity index is 650. The summed E-state index contributed by atoms with van der Waals surface area (Å²) in [5.74, 6) is 2.97. The van der Waals surface area contributed by atoms with E-state index in [-0.39, 0.29) is 0 Å². The van der Waals surface area contributed by atoms with E-state index in [2.05, 4.69) is 37.9 Å². The van der Waals surface area contributed by atoms with Gasteiger partial charge in [-0.3, -0.25) is 0 Å². The SMILES string of the molecule is CNc1nc(-c2ccc(OC)c(OC)c2OC)ncc1I. The van der Waals surface area contributed by atoms with Gasteiger partial charge in [0.1, 0.15) is 5.82 Å². The molecule has 1 aromatic heterocycles. The average molecular weight is 401 g/mol. The first-order valence-corrected chi connectivity index (χ1v) is 7.23. The lowest BCUT2D eigenvalue weighted by molar-refractivity contribution is 0.325. The zero-order valence-electron chi connectivity index (χ0n) is 12.2. The second kappa shape index (κ2) is 6.79. The van der Waals surface area contributed by atoms with E-state index in [1.54, 1.807) is 33.6 Å². The quantitative estimate of drug-likeness (QED) is 0.778. The molecule has 0 saturated carbocycles. The van der Waals surface area contributed by atoms with Gasteiger partial charge in [-0.2, -0.15) is 0 Å². The van der Waals surface area contributed by atoms with Gasteiger partial charge in [-0.15, -0.1) is 0 Å². The summed E-state index contributed by atoms with van der Waals surface area (Å²) in [4.78, 5) is 8.86. The first-order chi connectivity index (χ1) is 10.2. The van der Waals surface area contributed by atoms with Gasteiger partial charge in [-0.1, -0.05) is 0 Å². The van der Waals surface area contributed by atoms with Crippen molar-refractivity contribution >= 4 is 28.4 Å². The highest BCUT2D eigenvalue weighted by molar-refractivity contribution is 14.1. The average Bonchev–Trinajstić information content (AvgIpc) is 2.53. The van der Waals surface area contributed by atoms with E-state index >= 15 is 0 Å². The number of nitrogens with zero attached hydrogens (tertiary/aromatic N) is 2. The fourth-order valence-corrected chi connectivity index (χ4v) is 2.48. The molecule has 0 atom stereocenters. The molecule has 0 bridgehead atoms. The van der Waals surface area contributed by atoms with Crippen molar-refractivity contribution < 1.29 is 14.2 Å². The number of halogens is 1. The maximum absolute atomic E-state index is 5.46. The molecule has 0 aliphatic carbocycles. The van der Waals surface area contributed by atoms with Crippen molar-refractivity contribution in [3.63, 3.8) is 0 Å². The molecule has 2 rings (SSSR count). The first-order valence-electron chi connectivity index (χ1n) is 6.15. The lowest BCUT2D eigenvalue weighted by atomic mass is 10.1. The standard InChI is InChI=1S/C14H16IN3O3/c1-16-14-9(15)7-17-13(18-14)8-5-6-10(19-2)12(21-4)11(8)20-3/h5-7H,1-4H3,(H,16,17,18). The molecule has 0 spiro atoms. The van der Waals surface area contributed by atoms with Crippen molar-refractivity contribution in [2.24, 2.45) is 0 Å². The van der Waals surface area contributed by atoms with Gasteiger partial charge in [0.2, 0.25) is 5.75 Å². The molecule has 0 fully saturated rings. The van der Waals surface area contributed by atoms with Gasteiger partial charge in [0.25, 0.3) is 0 Å². The van der Waals surface area contributed by atoms with Gasteiger partial charge in [-0.05, 0) is 34.7 Å². The number of rotatable bonds is 5. The lowest BCUT2D eigenvalue weighted by Crippen LogP contribution is -2.02. The number of ether oxygens (including phenoxy) is 3. The van der Waals surface area contributed by atoms with Gasteiger partial charge < -0.3 is 19.5 Å². The van der Waals surface area contributed by atoms with Gasteiger partial charge in [-0.25, -0.2) is 9.97 Å². The van der Waals surface area contributed by atoms with Gasteiger partial charge >= 0.3 is 0 Å². The largest absolute Gasteiger partial charge is 0.493 e. The smallest absolute Gasteiger partial charge is 0.204 e. The minimum absolute atomic E-state index is 0.519. The summed E-state index contributed by atoms with van der Waals surface area (Å²) >= 11 is 2.18. The van der Waals surface area contributed by atoms with Crippen LogP contribution in [0.1, 0.15) is 0 Å². The Morgan fingerprint density at radius 1 is 1.05 bits per heavy atom. The van der Waals surface area contributed by atoms with Crippen LogP contribution in [-0.4, -0.2) is 38.3 Å². The second-order valence-electron chi connectivity index (χ2n) is 4.02. The van der Waals surface area contributed by atoms with Crippen molar-refractivity contribution in [1.29, 1.82) is 0 Å². The summed E-state index contributed by atoms with van der Waals surface area (Å²) in [5, 5.41) is 3.04. The van der Waals surface area contributed by atoms with Gasteiger partial charge in [0, 0.05) is 13.2 Å². The summed E-state index contributed by atoms with van der Waals surface area (Å²) in [5.41, 5.74) is 0.739. The van der Waals surface area contributed by atoms with Crippen LogP contribution in [0.4, 0.5) is 5.82 Å². The fraction of sp³-hybridized carbons (Fsp3) is 0.286. The third-order valence-corrected chi connectivity index (χ3v) is 3.72. The molecule has 0 radical (unpaired) electrons. The molecule has 0 aliphatic rings. The third-order valence-electron chi connectivity index (χ3n) is 2.93. The summed E-state index contributed by atoms with van der Waals surface area (Å²) in [6, 6.07) is 3.65. The maximum Gasteiger partial charge on any atom is 0.204 e. The van der Waals surface area contributed by atoms with Gasteiger partial charge in [0.05, 0.1) is 30.5 Å². The van der Waals surface area contributed by atoms with Crippen LogP contribution in [0.2, 0.25) is 0 Å². The van der Waals surface area contributed by atoms with Crippen LogP contribution in [-0.2, 0) is 0 Å². The Hall–Kier alpha value is -1.77. The molecule has 1 aromatic carbocycles. The fourth-order valence-electron chi connectivity index (χ4n) is 1.95. The number of benzene rings is 1. The van der Waals surface area contributed by atoms with Crippen molar-refractivity contribution in [2.45, 2.75) is 0 Å². The van der Waals surface area contributed by atoms with Crippen LogP contribution in [0, 0.1) is 3.57 Å². The van der Waals surface area contributed by atoms with Gasteiger partial charge in [0.15, 0.2) is 17.3 Å². The highest BCUT2D eigenvalue weighted by Crippen LogP contribution is 2.43. The van der Waals surface area contributed by atoms with E-state index in [4.69, 9.17) is 14.2 Å². The lowest BCUT2D eigenvalue weighted by Gasteiger charge is -2.15. The molecule has 7 heteroatoms. The molecule has 6 nitrogen and oxygen atoms in total. The van der Waals surface area contributed by atoms with Crippen LogP contribution >= 0.6 is 22.6 Å². The number of methoxy groups -OCH3 is 3. The van der Waals surface area contributed by atoms with Crippen LogP contribution in [0.25, 0.3) is 11.4 Å². The highest BCUT2D eigenvalue weighted by atomic mass is 127. The zero-order valence-corrected chi connectivity index (χ0v) is 14.4. The molecular formula is C14H16IN3O3. The molecule has 0 unspecified atom stereocenters. The molecule has 1 heterocycles. The number of hydrogen-bond donors (Lipinski definition) is 1. The second-order valence-corrected chi connectivity index (χ2v) is 5.18. The molecule has 2 aromatic rings. The van der Waals surface area contributed by atoms with E-state index in [0.29, 0.717) is 23.1 Å². The molecule has 21 heavy (non-hydrogen) atoms. The molecule has 0 aliphatic heterocycles. The first kappa shape index (κ1) is 15.6. The molecule has 0 amide bonds. The minimum Gasteiger partial charge on any atom is -0.493 e. The molecule has 112 valence electrons. The van der Waals surface area contributed by atoms with E-state index in [0.717, 1.165) is 15.0 Å². The molecular weight excluding hydrogens is 385 g/mol. The van der Waals surface area contributed by atoms with Crippen LogP contribution in [0.15, 0.2) is 18.3 Å². The van der Waals surface area contributed by atoms with Crippen LogP contribution in [0.5, 0.6) is 17.2 Å². The Morgan fingerprint density at radius 2 is 1.76 bits per heavy atom. The predicted molar refractivity (Wildman–Crippen MR) is 89.4 cm³/mol. The van der Waals surface area contributed by atoms with Crippen LogP contribution < -0.4 is 19.5 Å². The zero-order chi connectivity index (χ0) is 15.4. The summed E-state index contributed by atoms with van der Waals surface area (Å²) in [7, 11) is 6.54. The van der Waals surface area contributed by atoms with Crippen molar-refractivity contribution in [3.05, 3.63) is 21.9 Å². The normalized spacial score (nSPS) is 10.1. The predicted octanol–water partition coefficient (Wildman–Crippen LogP) is 2.82. The van der Waals surface area contributed by atoms with Crippen molar-refractivity contribution in [3.8, 4) is 28.6 Å². The highest BCUT2D eigenvalue weighted by Gasteiger charge is 2.19. The minimum atomic E-state index is 0.519. The summed E-state index contributed by atoms with van der Waals surface area (Å²) in [6.45, 7) is 0. The number of anilines is 1. The number of hydrogen-bond acceptors (Lipinski definition) is 6. The van der Waals surface area contributed by atoms with E-state index in [9.17, 15) is 0 Å².